The van der Waals surface area contributed by atoms with Crippen molar-refractivity contribution in [2.24, 2.45) is 5.92 Å². The highest BCUT2D eigenvalue weighted by atomic mass is 16.4. The molecule has 0 aromatic heterocycles. The van der Waals surface area contributed by atoms with Crippen LogP contribution in [0.1, 0.15) is 36.2 Å². The van der Waals surface area contributed by atoms with E-state index in [0.29, 0.717) is 11.1 Å². The highest BCUT2D eigenvalue weighted by molar-refractivity contribution is 6.06. The van der Waals surface area contributed by atoms with E-state index in [9.17, 15) is 19.5 Å². The maximum absolute atomic E-state index is 12.8. The van der Waals surface area contributed by atoms with Crippen LogP contribution in [0.25, 0.3) is 6.08 Å². The molecule has 0 heterocycles. The normalized spacial score (nSPS) is 12.3. The lowest BCUT2D eigenvalue weighted by molar-refractivity contribution is -0.141. The third-order valence-corrected chi connectivity index (χ3v) is 3.95. The first-order chi connectivity index (χ1) is 13.4. The number of carbonyl (C=O) groups excluding carboxylic acids is 2. The molecule has 146 valence electrons. The zero-order chi connectivity index (χ0) is 20.5. The Hall–Kier alpha value is -3.41. The predicted octanol–water partition coefficient (Wildman–Crippen LogP) is 3.07. The molecule has 28 heavy (non-hydrogen) atoms. The minimum atomic E-state index is -1.12. The summed E-state index contributed by atoms with van der Waals surface area (Å²) in [7, 11) is 0. The van der Waals surface area contributed by atoms with Crippen molar-refractivity contribution in [3.05, 3.63) is 77.5 Å². The summed E-state index contributed by atoms with van der Waals surface area (Å²) in [6, 6.07) is 16.5. The summed E-state index contributed by atoms with van der Waals surface area (Å²) in [6.07, 6.45) is 1.80. The van der Waals surface area contributed by atoms with E-state index < -0.39 is 23.8 Å². The maximum atomic E-state index is 12.8. The van der Waals surface area contributed by atoms with Gasteiger partial charge in [-0.25, -0.2) is 4.79 Å². The first-order valence-corrected chi connectivity index (χ1v) is 9.03. The Bertz CT molecular complexity index is 845. The lowest BCUT2D eigenvalue weighted by Crippen LogP contribution is -2.45. The van der Waals surface area contributed by atoms with E-state index in [4.69, 9.17) is 0 Å². The van der Waals surface area contributed by atoms with Crippen molar-refractivity contribution in [2.45, 2.75) is 26.3 Å². The molecule has 6 heteroatoms. The number of aliphatic carboxylic acids is 1. The Balaban J connectivity index is 2.27. The largest absolute Gasteiger partial charge is 0.480 e. The van der Waals surface area contributed by atoms with Gasteiger partial charge in [0, 0.05) is 5.56 Å². The molecule has 2 amide bonds. The van der Waals surface area contributed by atoms with Crippen LogP contribution >= 0.6 is 0 Å². The first kappa shape index (κ1) is 20.9. The van der Waals surface area contributed by atoms with Crippen LogP contribution < -0.4 is 10.6 Å². The predicted molar refractivity (Wildman–Crippen MR) is 107 cm³/mol. The van der Waals surface area contributed by atoms with Gasteiger partial charge in [0.25, 0.3) is 11.8 Å². The molecule has 0 fully saturated rings. The second-order valence-electron chi connectivity index (χ2n) is 6.78. The Morgan fingerprint density at radius 3 is 2.07 bits per heavy atom. The van der Waals surface area contributed by atoms with Gasteiger partial charge in [0.05, 0.1) is 0 Å². The Labute approximate surface area is 164 Å². The number of amides is 2. The van der Waals surface area contributed by atoms with Crippen molar-refractivity contribution >= 4 is 23.9 Å². The van der Waals surface area contributed by atoms with Crippen molar-refractivity contribution in [1.29, 1.82) is 0 Å². The number of nitrogens with one attached hydrogen (secondary N) is 2. The molecule has 0 spiro atoms. The molecule has 2 aromatic rings. The fourth-order valence-electron chi connectivity index (χ4n) is 2.59. The van der Waals surface area contributed by atoms with Gasteiger partial charge in [-0.2, -0.15) is 0 Å². The first-order valence-electron chi connectivity index (χ1n) is 9.03. The molecule has 1 atom stereocenters. The van der Waals surface area contributed by atoms with Crippen LogP contribution in [0, 0.1) is 5.92 Å². The van der Waals surface area contributed by atoms with E-state index in [-0.39, 0.29) is 18.0 Å². The average molecular weight is 380 g/mol. The average Bonchev–Trinajstić information content (AvgIpc) is 2.68. The topological polar surface area (TPSA) is 95.5 Å². The Morgan fingerprint density at radius 2 is 1.54 bits per heavy atom. The zero-order valence-electron chi connectivity index (χ0n) is 15.9. The van der Waals surface area contributed by atoms with Crippen LogP contribution in [-0.2, 0) is 9.59 Å². The number of carbonyl (C=O) groups is 3. The summed E-state index contributed by atoms with van der Waals surface area (Å²) in [4.78, 5) is 36.7. The molecule has 0 radical (unpaired) electrons. The van der Waals surface area contributed by atoms with Gasteiger partial charge in [-0.15, -0.1) is 0 Å². The summed E-state index contributed by atoms with van der Waals surface area (Å²) in [5.41, 5.74) is 1.08. The van der Waals surface area contributed by atoms with E-state index in [1.165, 1.54) is 6.08 Å². The third kappa shape index (κ3) is 6.39. The molecule has 0 saturated heterocycles. The number of hydrogen-bond acceptors (Lipinski definition) is 3. The summed E-state index contributed by atoms with van der Waals surface area (Å²) < 4.78 is 0. The van der Waals surface area contributed by atoms with Crippen molar-refractivity contribution < 1.29 is 19.5 Å². The quantitative estimate of drug-likeness (QED) is 0.613. The third-order valence-electron chi connectivity index (χ3n) is 3.95. The van der Waals surface area contributed by atoms with Crippen LogP contribution in [-0.4, -0.2) is 28.9 Å². The lowest BCUT2D eigenvalue weighted by atomic mass is 10.0. The molecule has 0 saturated carbocycles. The van der Waals surface area contributed by atoms with Gasteiger partial charge in [0.2, 0.25) is 0 Å². The minimum absolute atomic E-state index is 0.0185. The van der Waals surface area contributed by atoms with Crippen LogP contribution in [0.15, 0.2) is 66.4 Å². The molecule has 2 rings (SSSR count). The smallest absolute Gasteiger partial charge is 0.326 e. The zero-order valence-corrected chi connectivity index (χ0v) is 15.9. The monoisotopic (exact) mass is 380 g/mol. The molecule has 0 unspecified atom stereocenters. The molecule has 0 aliphatic heterocycles. The molecule has 0 aliphatic rings. The summed E-state index contributed by atoms with van der Waals surface area (Å²) in [6.45, 7) is 3.75. The Morgan fingerprint density at radius 1 is 0.964 bits per heavy atom. The van der Waals surface area contributed by atoms with Gasteiger partial charge in [-0.1, -0.05) is 62.4 Å². The van der Waals surface area contributed by atoms with Crippen molar-refractivity contribution in [1.82, 2.24) is 10.6 Å². The van der Waals surface area contributed by atoms with Crippen LogP contribution in [0.4, 0.5) is 0 Å². The SMILES string of the molecule is CC(C)C[C@@H](NC(=O)/C(=C\c1ccccc1)NC(=O)c1ccccc1)C(=O)O. The highest BCUT2D eigenvalue weighted by Gasteiger charge is 2.24. The second-order valence-corrected chi connectivity index (χ2v) is 6.78. The van der Waals surface area contributed by atoms with Gasteiger partial charge < -0.3 is 15.7 Å². The molecule has 2 aromatic carbocycles. The minimum Gasteiger partial charge on any atom is -0.480 e. The lowest BCUT2D eigenvalue weighted by Gasteiger charge is -2.18. The molecule has 6 nitrogen and oxygen atoms in total. The van der Waals surface area contributed by atoms with Gasteiger partial charge in [0.15, 0.2) is 0 Å². The summed E-state index contributed by atoms with van der Waals surface area (Å²) in [5, 5.41) is 14.5. The van der Waals surface area contributed by atoms with E-state index in [2.05, 4.69) is 10.6 Å². The molecule has 0 bridgehead atoms. The number of rotatable bonds is 8. The van der Waals surface area contributed by atoms with Crippen LogP contribution in [0.3, 0.4) is 0 Å². The molecular weight excluding hydrogens is 356 g/mol. The number of carboxylic acids is 1. The van der Waals surface area contributed by atoms with E-state index in [0.717, 1.165) is 0 Å². The van der Waals surface area contributed by atoms with E-state index in [1.54, 1.807) is 54.6 Å². The van der Waals surface area contributed by atoms with E-state index >= 15 is 0 Å². The molecule has 0 aliphatic carbocycles. The second kappa shape index (κ2) is 10.1. The van der Waals surface area contributed by atoms with Crippen molar-refractivity contribution in [3.63, 3.8) is 0 Å². The molecule has 3 N–H and O–H groups in total. The fraction of sp³-hybridized carbons (Fsp3) is 0.227. The van der Waals surface area contributed by atoms with Gasteiger partial charge in [-0.05, 0) is 36.1 Å². The van der Waals surface area contributed by atoms with Gasteiger partial charge >= 0.3 is 5.97 Å². The number of benzene rings is 2. The Kier molecular flexibility index (Phi) is 7.51. The molecular formula is C22H24N2O4. The standard InChI is InChI=1S/C22H24N2O4/c1-15(2)13-19(22(27)28)24-21(26)18(14-16-9-5-3-6-10-16)23-20(25)17-11-7-4-8-12-17/h3-12,14-15,19H,13H2,1-2H3,(H,23,25)(H,24,26)(H,27,28)/b18-14+/t19-/m1/s1. The van der Waals surface area contributed by atoms with Crippen LogP contribution in [0.2, 0.25) is 0 Å². The van der Waals surface area contributed by atoms with Crippen molar-refractivity contribution in [3.8, 4) is 0 Å². The maximum Gasteiger partial charge on any atom is 0.326 e. The summed E-state index contributed by atoms with van der Waals surface area (Å²) >= 11 is 0. The van der Waals surface area contributed by atoms with Gasteiger partial charge in [0.1, 0.15) is 11.7 Å². The number of carboxylic acid groups (broad SMARTS) is 1. The number of hydrogen-bond donors (Lipinski definition) is 3. The van der Waals surface area contributed by atoms with Crippen LogP contribution in [0.5, 0.6) is 0 Å². The van der Waals surface area contributed by atoms with Crippen molar-refractivity contribution in [2.75, 3.05) is 0 Å². The highest BCUT2D eigenvalue weighted by Crippen LogP contribution is 2.10. The fourth-order valence-corrected chi connectivity index (χ4v) is 2.59. The van der Waals surface area contributed by atoms with E-state index in [1.807, 2.05) is 19.9 Å². The van der Waals surface area contributed by atoms with Gasteiger partial charge in [-0.3, -0.25) is 9.59 Å². The summed E-state index contributed by atoms with van der Waals surface area (Å²) in [5.74, 6) is -2.13.